The van der Waals surface area contributed by atoms with Crippen molar-refractivity contribution in [1.29, 1.82) is 0 Å². The van der Waals surface area contributed by atoms with E-state index >= 15 is 0 Å². The molecule has 0 aliphatic rings. The molecule has 1 aromatic heterocycles. The second-order valence-corrected chi connectivity index (χ2v) is 4.66. The number of carbonyl (C=O) groups excluding carboxylic acids is 1. The third kappa shape index (κ3) is 2.79. The number of amides is 1. The second kappa shape index (κ2) is 4.61. The lowest BCUT2D eigenvalue weighted by Gasteiger charge is -2.20. The molecule has 1 amide bonds. The first-order valence-electron chi connectivity index (χ1n) is 5.15. The predicted molar refractivity (Wildman–Crippen MR) is 62.0 cm³/mol. The third-order valence-corrected chi connectivity index (χ3v) is 2.40. The van der Waals surface area contributed by atoms with Crippen molar-refractivity contribution in [2.24, 2.45) is 0 Å². The van der Waals surface area contributed by atoms with Crippen molar-refractivity contribution in [2.75, 3.05) is 14.2 Å². The van der Waals surface area contributed by atoms with E-state index in [1.807, 2.05) is 6.07 Å². The van der Waals surface area contributed by atoms with Crippen molar-refractivity contribution in [3.63, 3.8) is 0 Å². The summed E-state index contributed by atoms with van der Waals surface area (Å²) in [7, 11) is 3.01. The van der Waals surface area contributed by atoms with E-state index in [-0.39, 0.29) is 11.3 Å². The quantitative estimate of drug-likeness (QED) is 0.719. The van der Waals surface area contributed by atoms with E-state index in [4.69, 9.17) is 4.84 Å². The average Bonchev–Trinajstić information content (AvgIpc) is 2.26. The summed E-state index contributed by atoms with van der Waals surface area (Å²) >= 11 is 0. The van der Waals surface area contributed by atoms with Crippen molar-refractivity contribution < 1.29 is 9.63 Å². The standard InChI is InChI=1S/C12H18N2O2/c1-12(2,3)9-6-7-13-10(8-9)11(15)14(4)16-5/h6-8H,1-5H3. The summed E-state index contributed by atoms with van der Waals surface area (Å²) in [5, 5.41) is 1.16. The van der Waals surface area contributed by atoms with Crippen LogP contribution in [0, 0.1) is 0 Å². The molecule has 0 spiro atoms. The van der Waals surface area contributed by atoms with Crippen molar-refractivity contribution in [2.45, 2.75) is 26.2 Å². The summed E-state index contributed by atoms with van der Waals surface area (Å²) in [6.07, 6.45) is 1.65. The summed E-state index contributed by atoms with van der Waals surface area (Å²) in [5.74, 6) is -0.242. The smallest absolute Gasteiger partial charge is 0.274 e. The van der Waals surface area contributed by atoms with Crippen molar-refractivity contribution in [3.05, 3.63) is 29.6 Å². The Balaban J connectivity index is 3.04. The Morgan fingerprint density at radius 2 is 2.06 bits per heavy atom. The van der Waals surface area contributed by atoms with Gasteiger partial charge in [-0.3, -0.25) is 14.6 Å². The van der Waals surface area contributed by atoms with Gasteiger partial charge in [0.05, 0.1) is 7.11 Å². The van der Waals surface area contributed by atoms with E-state index in [0.717, 1.165) is 10.6 Å². The fourth-order valence-electron chi connectivity index (χ4n) is 1.26. The first kappa shape index (κ1) is 12.6. The van der Waals surface area contributed by atoms with E-state index in [9.17, 15) is 4.79 Å². The lowest BCUT2D eigenvalue weighted by atomic mass is 9.87. The zero-order valence-corrected chi connectivity index (χ0v) is 10.4. The maximum absolute atomic E-state index is 11.8. The number of nitrogens with zero attached hydrogens (tertiary/aromatic N) is 2. The summed E-state index contributed by atoms with van der Waals surface area (Å²) in [6, 6.07) is 3.72. The van der Waals surface area contributed by atoms with Crippen LogP contribution in [0.25, 0.3) is 0 Å². The lowest BCUT2D eigenvalue weighted by Crippen LogP contribution is -2.26. The zero-order valence-electron chi connectivity index (χ0n) is 10.4. The molecule has 0 aliphatic carbocycles. The van der Waals surface area contributed by atoms with Gasteiger partial charge in [-0.05, 0) is 23.1 Å². The van der Waals surface area contributed by atoms with Crippen molar-refractivity contribution >= 4 is 5.91 Å². The lowest BCUT2D eigenvalue weighted by molar-refractivity contribution is -0.0760. The van der Waals surface area contributed by atoms with Gasteiger partial charge in [-0.1, -0.05) is 20.8 Å². The van der Waals surface area contributed by atoms with E-state index in [1.165, 1.54) is 7.11 Å². The Bertz CT molecular complexity index is 383. The molecular formula is C12H18N2O2. The van der Waals surface area contributed by atoms with Gasteiger partial charge >= 0.3 is 0 Å². The molecule has 1 aromatic rings. The van der Waals surface area contributed by atoms with E-state index in [2.05, 4.69) is 25.8 Å². The topological polar surface area (TPSA) is 42.4 Å². The van der Waals surface area contributed by atoms with Crippen LogP contribution < -0.4 is 0 Å². The van der Waals surface area contributed by atoms with Gasteiger partial charge in [-0.25, -0.2) is 5.06 Å². The van der Waals surface area contributed by atoms with Crippen LogP contribution in [0.5, 0.6) is 0 Å². The van der Waals surface area contributed by atoms with Crippen molar-refractivity contribution in [3.8, 4) is 0 Å². The molecule has 0 aliphatic heterocycles. The van der Waals surface area contributed by atoms with Crippen LogP contribution in [-0.4, -0.2) is 30.1 Å². The predicted octanol–water partition coefficient (Wildman–Crippen LogP) is 2.01. The number of rotatable bonds is 2. The molecule has 4 nitrogen and oxygen atoms in total. The monoisotopic (exact) mass is 222 g/mol. The van der Waals surface area contributed by atoms with Gasteiger partial charge in [0, 0.05) is 13.2 Å². The van der Waals surface area contributed by atoms with Gasteiger partial charge in [0.25, 0.3) is 5.91 Å². The van der Waals surface area contributed by atoms with Gasteiger partial charge in [-0.2, -0.15) is 0 Å². The molecule has 1 rings (SSSR count). The van der Waals surface area contributed by atoms with E-state index in [1.54, 1.807) is 19.3 Å². The molecular weight excluding hydrogens is 204 g/mol. The molecule has 1 heterocycles. The maximum atomic E-state index is 11.8. The molecule has 0 saturated carbocycles. The summed E-state index contributed by atoms with van der Waals surface area (Å²) < 4.78 is 0. The highest BCUT2D eigenvalue weighted by molar-refractivity contribution is 5.91. The first-order valence-corrected chi connectivity index (χ1v) is 5.15. The van der Waals surface area contributed by atoms with Crippen LogP contribution in [0.15, 0.2) is 18.3 Å². The highest BCUT2D eigenvalue weighted by Gasteiger charge is 2.18. The number of hydrogen-bond donors (Lipinski definition) is 0. The molecule has 0 atom stereocenters. The van der Waals surface area contributed by atoms with Gasteiger partial charge in [-0.15, -0.1) is 0 Å². The SMILES string of the molecule is CON(C)C(=O)c1cc(C(C)(C)C)ccn1. The molecule has 0 N–H and O–H groups in total. The molecule has 0 bridgehead atoms. The molecule has 0 unspecified atom stereocenters. The molecule has 0 radical (unpaired) electrons. The zero-order chi connectivity index (χ0) is 12.3. The van der Waals surface area contributed by atoms with Gasteiger partial charge in [0.1, 0.15) is 5.69 Å². The van der Waals surface area contributed by atoms with Crippen LogP contribution in [0.3, 0.4) is 0 Å². The Morgan fingerprint density at radius 3 is 2.56 bits per heavy atom. The molecule has 0 saturated heterocycles. The largest absolute Gasteiger partial charge is 0.295 e. The average molecular weight is 222 g/mol. The Kier molecular flexibility index (Phi) is 3.65. The van der Waals surface area contributed by atoms with Crippen LogP contribution in [0.4, 0.5) is 0 Å². The minimum absolute atomic E-state index is 0.00358. The first-order chi connectivity index (χ1) is 7.36. The Labute approximate surface area is 96.2 Å². The molecule has 16 heavy (non-hydrogen) atoms. The normalized spacial score (nSPS) is 11.3. The van der Waals surface area contributed by atoms with Gasteiger partial charge < -0.3 is 0 Å². The van der Waals surface area contributed by atoms with E-state index < -0.39 is 0 Å². The number of hydrogen-bond acceptors (Lipinski definition) is 3. The molecule has 0 fully saturated rings. The van der Waals surface area contributed by atoms with Crippen LogP contribution >= 0.6 is 0 Å². The second-order valence-electron chi connectivity index (χ2n) is 4.66. The minimum atomic E-state index is -0.242. The number of carbonyl (C=O) groups is 1. The summed E-state index contributed by atoms with van der Waals surface area (Å²) in [6.45, 7) is 6.28. The summed E-state index contributed by atoms with van der Waals surface area (Å²) in [4.78, 5) is 20.7. The van der Waals surface area contributed by atoms with Crippen LogP contribution in [0.1, 0.15) is 36.8 Å². The fourth-order valence-corrected chi connectivity index (χ4v) is 1.26. The minimum Gasteiger partial charge on any atom is -0.274 e. The number of aromatic nitrogens is 1. The van der Waals surface area contributed by atoms with Crippen LogP contribution in [0.2, 0.25) is 0 Å². The van der Waals surface area contributed by atoms with Gasteiger partial charge in [0.2, 0.25) is 0 Å². The third-order valence-electron chi connectivity index (χ3n) is 2.40. The van der Waals surface area contributed by atoms with E-state index in [0.29, 0.717) is 5.69 Å². The molecule has 4 heteroatoms. The van der Waals surface area contributed by atoms with Gasteiger partial charge in [0.15, 0.2) is 0 Å². The summed E-state index contributed by atoms with van der Waals surface area (Å²) in [5.41, 5.74) is 1.48. The number of hydroxylamine groups is 2. The number of pyridine rings is 1. The highest BCUT2D eigenvalue weighted by atomic mass is 16.7. The van der Waals surface area contributed by atoms with Crippen LogP contribution in [-0.2, 0) is 10.3 Å². The molecule has 0 aromatic carbocycles. The maximum Gasteiger partial charge on any atom is 0.295 e. The Morgan fingerprint density at radius 1 is 1.44 bits per heavy atom. The Hall–Kier alpha value is -1.42. The van der Waals surface area contributed by atoms with Crippen molar-refractivity contribution in [1.82, 2.24) is 10.0 Å². The highest BCUT2D eigenvalue weighted by Crippen LogP contribution is 2.22. The fraction of sp³-hybridized carbons (Fsp3) is 0.500. The molecule has 88 valence electrons.